The van der Waals surface area contributed by atoms with Gasteiger partial charge in [-0.2, -0.15) is 0 Å². The SMILES string of the molecule is COc1cc(-c2cc(C)ccn2)cc(C2CC2)c1OC.COc1ccc(NC2CCN(Cc3ccnc(-c4cc(OC)c(C)c(OC)c4)c3)CC2)cc1. The third kappa shape index (κ3) is 9.40. The molecule has 0 radical (unpaired) electrons. The number of likely N-dealkylation sites (tertiary alicyclic amines) is 1. The molecule has 1 N–H and O–H groups in total. The van der Waals surface area contributed by atoms with Crippen molar-refractivity contribution in [3.63, 3.8) is 0 Å². The highest BCUT2D eigenvalue weighted by atomic mass is 16.5. The van der Waals surface area contributed by atoms with Gasteiger partial charge < -0.3 is 29.0 Å². The van der Waals surface area contributed by atoms with E-state index in [-0.39, 0.29) is 0 Å². The zero-order chi connectivity index (χ0) is 37.3. The number of ether oxygens (including phenoxy) is 5. The van der Waals surface area contributed by atoms with E-state index in [2.05, 4.69) is 63.5 Å². The zero-order valence-corrected chi connectivity index (χ0v) is 32.1. The summed E-state index contributed by atoms with van der Waals surface area (Å²) in [5.74, 6) is 4.76. The molecule has 9 heteroatoms. The van der Waals surface area contributed by atoms with Crippen LogP contribution in [0.3, 0.4) is 0 Å². The summed E-state index contributed by atoms with van der Waals surface area (Å²) < 4.78 is 27.4. The summed E-state index contributed by atoms with van der Waals surface area (Å²) in [4.78, 5) is 11.6. The molecule has 3 aromatic carbocycles. The van der Waals surface area contributed by atoms with Crippen LogP contribution >= 0.6 is 0 Å². The number of rotatable bonds is 12. The minimum absolute atomic E-state index is 0.495. The average Bonchev–Trinajstić information content (AvgIpc) is 4.05. The van der Waals surface area contributed by atoms with Crippen LogP contribution in [0.4, 0.5) is 5.69 Å². The third-order valence-electron chi connectivity index (χ3n) is 10.1. The molecule has 278 valence electrons. The molecule has 2 fully saturated rings. The highest BCUT2D eigenvalue weighted by Crippen LogP contribution is 2.49. The van der Waals surface area contributed by atoms with Gasteiger partial charge in [0.05, 0.1) is 46.9 Å². The van der Waals surface area contributed by atoms with Crippen LogP contribution in [-0.4, -0.2) is 69.5 Å². The number of anilines is 1. The van der Waals surface area contributed by atoms with Crippen molar-refractivity contribution in [1.29, 1.82) is 0 Å². The van der Waals surface area contributed by atoms with Crippen molar-refractivity contribution in [3.8, 4) is 51.3 Å². The average molecular weight is 717 g/mol. The molecule has 5 aromatic rings. The Morgan fingerprint density at radius 3 is 1.83 bits per heavy atom. The van der Waals surface area contributed by atoms with E-state index >= 15 is 0 Å². The Morgan fingerprint density at radius 2 is 1.25 bits per heavy atom. The first-order chi connectivity index (χ1) is 25.8. The van der Waals surface area contributed by atoms with E-state index in [1.807, 2.05) is 55.7 Å². The molecular formula is C44H52N4O5. The number of hydrogen-bond donors (Lipinski definition) is 1. The van der Waals surface area contributed by atoms with Crippen LogP contribution in [-0.2, 0) is 6.54 Å². The van der Waals surface area contributed by atoms with E-state index in [1.165, 1.54) is 29.5 Å². The topological polar surface area (TPSA) is 87.2 Å². The lowest BCUT2D eigenvalue weighted by Gasteiger charge is -2.33. The lowest BCUT2D eigenvalue weighted by molar-refractivity contribution is 0.211. The molecule has 3 heterocycles. The van der Waals surface area contributed by atoms with Gasteiger partial charge in [-0.25, -0.2) is 0 Å². The third-order valence-corrected chi connectivity index (χ3v) is 10.1. The summed E-state index contributed by atoms with van der Waals surface area (Å²) in [5, 5.41) is 3.66. The van der Waals surface area contributed by atoms with Crippen molar-refractivity contribution in [2.75, 3.05) is 54.0 Å². The number of methoxy groups -OCH3 is 5. The molecular weight excluding hydrogens is 665 g/mol. The monoisotopic (exact) mass is 716 g/mol. The first-order valence-corrected chi connectivity index (χ1v) is 18.3. The Hall–Kier alpha value is -5.28. The Morgan fingerprint density at radius 1 is 0.642 bits per heavy atom. The van der Waals surface area contributed by atoms with E-state index < -0.39 is 0 Å². The summed E-state index contributed by atoms with van der Waals surface area (Å²) in [6.07, 6.45) is 8.43. The fourth-order valence-corrected chi connectivity index (χ4v) is 6.91. The van der Waals surface area contributed by atoms with Crippen molar-refractivity contribution in [3.05, 3.63) is 107 Å². The predicted molar refractivity (Wildman–Crippen MR) is 212 cm³/mol. The van der Waals surface area contributed by atoms with Crippen molar-refractivity contribution in [1.82, 2.24) is 14.9 Å². The minimum Gasteiger partial charge on any atom is -0.497 e. The first kappa shape index (κ1) is 37.5. The van der Waals surface area contributed by atoms with Gasteiger partial charge in [0, 0.05) is 66.0 Å². The Balaban J connectivity index is 0.000000204. The maximum absolute atomic E-state index is 5.54. The van der Waals surface area contributed by atoms with Crippen LogP contribution < -0.4 is 29.0 Å². The molecule has 0 amide bonds. The number of hydrogen-bond acceptors (Lipinski definition) is 9. The lowest BCUT2D eigenvalue weighted by Crippen LogP contribution is -2.38. The molecule has 2 aliphatic rings. The zero-order valence-electron chi connectivity index (χ0n) is 32.1. The molecule has 1 saturated carbocycles. The van der Waals surface area contributed by atoms with Crippen molar-refractivity contribution >= 4 is 5.69 Å². The second-order valence-electron chi connectivity index (χ2n) is 13.8. The number of nitrogens with one attached hydrogen (secondary N) is 1. The molecule has 53 heavy (non-hydrogen) atoms. The summed E-state index contributed by atoms with van der Waals surface area (Å²) in [7, 11) is 8.44. The lowest BCUT2D eigenvalue weighted by atomic mass is 10.0. The quantitative estimate of drug-likeness (QED) is 0.136. The van der Waals surface area contributed by atoms with Crippen LogP contribution in [0.15, 0.2) is 85.2 Å². The van der Waals surface area contributed by atoms with Crippen molar-refractivity contribution in [2.45, 2.75) is 58.0 Å². The molecule has 7 rings (SSSR count). The van der Waals surface area contributed by atoms with E-state index in [1.54, 1.807) is 35.5 Å². The largest absolute Gasteiger partial charge is 0.497 e. The van der Waals surface area contributed by atoms with Gasteiger partial charge in [-0.15, -0.1) is 0 Å². The number of aromatic nitrogens is 2. The number of benzene rings is 3. The van der Waals surface area contributed by atoms with E-state index in [9.17, 15) is 0 Å². The van der Waals surface area contributed by atoms with Crippen LogP contribution in [0.2, 0.25) is 0 Å². The molecule has 1 aliphatic carbocycles. The van der Waals surface area contributed by atoms with Gasteiger partial charge in [-0.3, -0.25) is 14.9 Å². The van der Waals surface area contributed by atoms with Gasteiger partial charge in [-0.05, 0) is 129 Å². The maximum Gasteiger partial charge on any atom is 0.164 e. The minimum atomic E-state index is 0.495. The van der Waals surface area contributed by atoms with E-state index in [0.717, 1.165) is 95.0 Å². The molecule has 1 saturated heterocycles. The van der Waals surface area contributed by atoms with E-state index in [4.69, 9.17) is 23.7 Å². The molecule has 0 bridgehead atoms. The molecule has 0 atom stereocenters. The smallest absolute Gasteiger partial charge is 0.164 e. The van der Waals surface area contributed by atoms with Crippen molar-refractivity contribution in [2.24, 2.45) is 0 Å². The van der Waals surface area contributed by atoms with Crippen LogP contribution in [0.25, 0.3) is 22.5 Å². The van der Waals surface area contributed by atoms with Gasteiger partial charge in [0.2, 0.25) is 0 Å². The van der Waals surface area contributed by atoms with E-state index in [0.29, 0.717) is 12.0 Å². The number of nitrogens with zero attached hydrogens (tertiary/aromatic N) is 3. The summed E-state index contributed by atoms with van der Waals surface area (Å²) in [6.45, 7) is 7.13. The second-order valence-corrected chi connectivity index (χ2v) is 13.8. The summed E-state index contributed by atoms with van der Waals surface area (Å²) in [5.41, 5.74) is 9.85. The molecule has 9 nitrogen and oxygen atoms in total. The predicted octanol–water partition coefficient (Wildman–Crippen LogP) is 9.11. The van der Waals surface area contributed by atoms with Gasteiger partial charge >= 0.3 is 0 Å². The summed E-state index contributed by atoms with van der Waals surface area (Å²) >= 11 is 0. The number of aryl methyl sites for hydroxylation is 1. The Bertz CT molecular complexity index is 1950. The molecule has 1 aliphatic heterocycles. The van der Waals surface area contributed by atoms with Crippen LogP contribution in [0.5, 0.6) is 28.7 Å². The van der Waals surface area contributed by atoms with Crippen molar-refractivity contribution < 1.29 is 23.7 Å². The fraction of sp³-hybridized carbons (Fsp3) is 0.364. The fourth-order valence-electron chi connectivity index (χ4n) is 6.91. The Kier molecular flexibility index (Phi) is 12.4. The number of pyridine rings is 2. The first-order valence-electron chi connectivity index (χ1n) is 18.3. The molecule has 2 aromatic heterocycles. The normalized spacial score (nSPS) is 14.5. The van der Waals surface area contributed by atoms with Gasteiger partial charge in [0.1, 0.15) is 17.2 Å². The molecule has 0 unspecified atom stereocenters. The summed E-state index contributed by atoms with van der Waals surface area (Å²) in [6, 6.07) is 25.3. The number of piperidine rings is 1. The maximum atomic E-state index is 5.54. The van der Waals surface area contributed by atoms with Gasteiger partial charge in [0.25, 0.3) is 0 Å². The van der Waals surface area contributed by atoms with Crippen LogP contribution in [0, 0.1) is 13.8 Å². The second kappa shape index (κ2) is 17.5. The van der Waals surface area contributed by atoms with Crippen LogP contribution in [0.1, 0.15) is 53.9 Å². The van der Waals surface area contributed by atoms with Gasteiger partial charge in [-0.1, -0.05) is 0 Å². The highest BCUT2D eigenvalue weighted by Gasteiger charge is 2.29. The van der Waals surface area contributed by atoms with Gasteiger partial charge in [0.15, 0.2) is 11.5 Å². The highest BCUT2D eigenvalue weighted by molar-refractivity contribution is 5.68. The Labute approximate surface area is 314 Å². The molecule has 0 spiro atoms. The standard InChI is InChI=1S/C27H33N3O3.C17H19NO2/c1-19-26(32-3)16-21(17-27(19)33-4)25-15-20(9-12-28-25)18-30-13-10-23(11-14-30)29-22-5-7-24(31-2)8-6-22;1-11-6-7-18-15(8-11)13-9-14(12-4-5-12)17(20-3)16(10-13)19-2/h5-9,12,15-17,23,29H,10-11,13-14,18H2,1-4H3;6-10,12H,4-5H2,1-3H3.